The molecule has 8 aromatic carbocycles. The van der Waals surface area contributed by atoms with Crippen LogP contribution in [0.15, 0.2) is 160 Å². The number of rotatable bonds is 3. The average Bonchev–Trinajstić information content (AvgIpc) is 3.74. The summed E-state index contributed by atoms with van der Waals surface area (Å²) < 4.78 is 12.6. The van der Waals surface area contributed by atoms with Gasteiger partial charge < -0.3 is 8.83 Å². The van der Waals surface area contributed by atoms with Crippen LogP contribution in [0.5, 0.6) is 0 Å². The summed E-state index contributed by atoms with van der Waals surface area (Å²) >= 11 is 0. The maximum absolute atomic E-state index is 6.30. The van der Waals surface area contributed by atoms with Crippen LogP contribution in [0.3, 0.4) is 0 Å². The fraction of sp³-hybridized carbons (Fsp3) is 0. The zero-order chi connectivity index (χ0) is 32.8. The van der Waals surface area contributed by atoms with Crippen molar-refractivity contribution < 1.29 is 8.83 Å². The predicted molar refractivity (Wildman–Crippen MR) is 203 cm³/mol. The van der Waals surface area contributed by atoms with Gasteiger partial charge in [-0.3, -0.25) is 0 Å². The van der Waals surface area contributed by atoms with Gasteiger partial charge in [-0.25, -0.2) is 15.0 Å². The number of aromatic nitrogens is 3. The van der Waals surface area contributed by atoms with E-state index in [1.165, 1.54) is 5.39 Å². The minimum atomic E-state index is 0.589. The Hall–Kier alpha value is -6.85. The first kappa shape index (κ1) is 27.1. The van der Waals surface area contributed by atoms with Crippen LogP contribution in [-0.4, -0.2) is 15.0 Å². The van der Waals surface area contributed by atoms with Crippen LogP contribution < -0.4 is 0 Å². The lowest BCUT2D eigenvalue weighted by Gasteiger charge is -2.13. The molecular weight excluding hydrogens is 615 g/mol. The van der Waals surface area contributed by atoms with Gasteiger partial charge in [-0.2, -0.15) is 0 Å². The van der Waals surface area contributed by atoms with Crippen molar-refractivity contribution in [2.45, 2.75) is 0 Å². The molecule has 0 aliphatic heterocycles. The first-order chi connectivity index (χ1) is 24.8. The molecule has 3 aromatic heterocycles. The molecule has 0 aliphatic rings. The molecule has 0 atom stereocenters. The van der Waals surface area contributed by atoms with Crippen molar-refractivity contribution in [3.8, 4) is 34.2 Å². The van der Waals surface area contributed by atoms with Gasteiger partial charge in [-0.05, 0) is 68.7 Å². The van der Waals surface area contributed by atoms with E-state index in [9.17, 15) is 0 Å². The molecule has 0 amide bonds. The molecule has 0 radical (unpaired) electrons. The van der Waals surface area contributed by atoms with Crippen LogP contribution in [0, 0.1) is 0 Å². The Morgan fingerprint density at radius 2 is 0.840 bits per heavy atom. The minimum absolute atomic E-state index is 0.589. The van der Waals surface area contributed by atoms with Crippen molar-refractivity contribution in [3.05, 3.63) is 152 Å². The quantitative estimate of drug-likeness (QED) is 0.180. The third kappa shape index (κ3) is 3.98. The van der Waals surface area contributed by atoms with Gasteiger partial charge in [0.2, 0.25) is 0 Å². The number of hydrogen-bond acceptors (Lipinski definition) is 5. The maximum Gasteiger partial charge on any atom is 0.164 e. The summed E-state index contributed by atoms with van der Waals surface area (Å²) in [6.45, 7) is 0. The van der Waals surface area contributed by atoms with Crippen LogP contribution in [-0.2, 0) is 0 Å². The molecule has 0 saturated carbocycles. The number of nitrogens with zero attached hydrogens (tertiary/aromatic N) is 3. The molecular formula is C45H25N3O2. The Morgan fingerprint density at radius 1 is 0.300 bits per heavy atom. The minimum Gasteiger partial charge on any atom is -0.456 e. The van der Waals surface area contributed by atoms with Crippen molar-refractivity contribution in [1.82, 2.24) is 15.0 Å². The Kier molecular flexibility index (Phi) is 5.60. The van der Waals surface area contributed by atoms with Gasteiger partial charge >= 0.3 is 0 Å². The Morgan fingerprint density at radius 3 is 1.68 bits per heavy atom. The summed E-state index contributed by atoms with van der Waals surface area (Å²) in [4.78, 5) is 15.8. The van der Waals surface area contributed by atoms with Crippen LogP contribution in [0.4, 0.5) is 0 Å². The van der Waals surface area contributed by atoms with Gasteiger partial charge in [0.05, 0.1) is 0 Å². The Labute approximate surface area is 285 Å². The molecule has 0 unspecified atom stereocenters. The highest BCUT2D eigenvalue weighted by Gasteiger charge is 2.20. The third-order valence-electron chi connectivity index (χ3n) is 9.91. The molecule has 11 rings (SSSR count). The van der Waals surface area contributed by atoms with Gasteiger partial charge in [-0.1, -0.05) is 115 Å². The molecule has 3 heterocycles. The topological polar surface area (TPSA) is 65.0 Å². The summed E-state index contributed by atoms with van der Waals surface area (Å²) in [6.07, 6.45) is 0. The molecule has 0 N–H and O–H groups in total. The molecule has 11 aromatic rings. The number of benzene rings is 8. The van der Waals surface area contributed by atoms with E-state index in [1.54, 1.807) is 0 Å². The van der Waals surface area contributed by atoms with Crippen LogP contribution in [0.2, 0.25) is 0 Å². The van der Waals surface area contributed by atoms with Crippen LogP contribution in [0.1, 0.15) is 0 Å². The fourth-order valence-corrected chi connectivity index (χ4v) is 7.63. The predicted octanol–water partition coefficient (Wildman–Crippen LogP) is 12.1. The second kappa shape index (κ2) is 10.3. The summed E-state index contributed by atoms with van der Waals surface area (Å²) in [5.74, 6) is 1.81. The molecule has 0 bridgehead atoms. The molecule has 232 valence electrons. The normalized spacial score (nSPS) is 12.0. The average molecular weight is 640 g/mol. The molecule has 0 aliphatic carbocycles. The lowest BCUT2D eigenvalue weighted by Crippen LogP contribution is -2.01. The molecule has 5 heteroatoms. The van der Waals surface area contributed by atoms with Gasteiger partial charge in [0.1, 0.15) is 22.3 Å². The molecule has 0 saturated heterocycles. The zero-order valence-corrected chi connectivity index (χ0v) is 26.6. The van der Waals surface area contributed by atoms with Crippen LogP contribution in [0.25, 0.3) is 110 Å². The van der Waals surface area contributed by atoms with Gasteiger partial charge in [0.25, 0.3) is 0 Å². The summed E-state index contributed by atoms with van der Waals surface area (Å²) in [7, 11) is 0. The molecule has 0 fully saturated rings. The summed E-state index contributed by atoms with van der Waals surface area (Å²) in [6, 6.07) is 52.2. The van der Waals surface area contributed by atoms with E-state index in [4.69, 9.17) is 23.8 Å². The van der Waals surface area contributed by atoms with Gasteiger partial charge in [-0.15, -0.1) is 0 Å². The fourth-order valence-electron chi connectivity index (χ4n) is 7.63. The lowest BCUT2D eigenvalue weighted by atomic mass is 9.96. The van der Waals surface area contributed by atoms with Crippen molar-refractivity contribution >= 4 is 76.2 Å². The van der Waals surface area contributed by atoms with Crippen molar-refractivity contribution in [1.29, 1.82) is 0 Å². The Bertz CT molecular complexity index is 3170. The van der Waals surface area contributed by atoms with Crippen molar-refractivity contribution in [2.75, 3.05) is 0 Å². The van der Waals surface area contributed by atoms with Crippen molar-refractivity contribution in [2.24, 2.45) is 0 Å². The number of para-hydroxylation sites is 2. The largest absolute Gasteiger partial charge is 0.456 e. The van der Waals surface area contributed by atoms with E-state index >= 15 is 0 Å². The highest BCUT2D eigenvalue weighted by atomic mass is 16.3. The molecule has 5 nitrogen and oxygen atoms in total. The smallest absolute Gasteiger partial charge is 0.164 e. The number of hydrogen-bond donors (Lipinski definition) is 0. The number of fused-ring (bicyclic) bond motifs is 10. The Balaban J connectivity index is 1.25. The van der Waals surface area contributed by atoms with E-state index in [0.29, 0.717) is 17.5 Å². The maximum atomic E-state index is 6.30. The third-order valence-corrected chi connectivity index (χ3v) is 9.91. The van der Waals surface area contributed by atoms with E-state index in [-0.39, 0.29) is 0 Å². The number of furan rings is 2. The van der Waals surface area contributed by atoms with E-state index in [1.807, 2.05) is 48.5 Å². The zero-order valence-electron chi connectivity index (χ0n) is 26.6. The highest BCUT2D eigenvalue weighted by molar-refractivity contribution is 6.15. The van der Waals surface area contributed by atoms with Gasteiger partial charge in [0, 0.05) is 38.2 Å². The first-order valence-corrected chi connectivity index (χ1v) is 16.7. The standard InChI is InChI=1S/C45H25N3O2/c1-2-13-28-26(11-1)23-37(30-15-4-3-14-29(28)30)45-47-43(46-44(48-45)34-19-10-22-40-42(34)33-17-6-8-21-39(33)49-40)32-18-9-12-27-24-41-36(25-35(27)32)31-16-5-7-20-38(31)50-41/h1-25H. The SMILES string of the molecule is c1cc(-c2nc(-c3cc4ccccc4c4ccccc34)nc(-c3cccc4oc5ccccc5c34)n2)c2cc3c(cc2c1)oc1ccccc13. The second-order valence-corrected chi connectivity index (χ2v) is 12.7. The van der Waals surface area contributed by atoms with Gasteiger partial charge in [0.15, 0.2) is 17.5 Å². The highest BCUT2D eigenvalue weighted by Crippen LogP contribution is 2.40. The van der Waals surface area contributed by atoms with Crippen molar-refractivity contribution in [3.63, 3.8) is 0 Å². The van der Waals surface area contributed by atoms with E-state index in [2.05, 4.69) is 103 Å². The second-order valence-electron chi connectivity index (χ2n) is 12.7. The summed E-state index contributed by atoms with van der Waals surface area (Å²) in [5.41, 5.74) is 6.12. The summed E-state index contributed by atoms with van der Waals surface area (Å²) in [5, 5.41) is 10.8. The first-order valence-electron chi connectivity index (χ1n) is 16.7. The van der Waals surface area contributed by atoms with E-state index < -0.39 is 0 Å². The van der Waals surface area contributed by atoms with Crippen LogP contribution >= 0.6 is 0 Å². The molecule has 0 spiro atoms. The van der Waals surface area contributed by atoms with E-state index in [0.717, 1.165) is 87.5 Å². The monoisotopic (exact) mass is 639 g/mol. The molecule has 50 heavy (non-hydrogen) atoms. The lowest BCUT2D eigenvalue weighted by molar-refractivity contribution is 0.669.